The number of phosphoric acid groups is 2. The first-order valence-corrected chi connectivity index (χ1v) is 46.5. The molecule has 3 unspecified atom stereocenters. The van der Waals surface area contributed by atoms with Crippen LogP contribution in [0.15, 0.2) is 24.3 Å². The van der Waals surface area contributed by atoms with E-state index in [0.29, 0.717) is 25.7 Å². The van der Waals surface area contributed by atoms with Crippen molar-refractivity contribution in [2.24, 2.45) is 5.92 Å². The lowest BCUT2D eigenvalue weighted by molar-refractivity contribution is -0.161. The average Bonchev–Trinajstić information content (AvgIpc) is 0.906. The van der Waals surface area contributed by atoms with Crippen LogP contribution in [0.5, 0.6) is 0 Å². The quantitative estimate of drug-likeness (QED) is 0.0169. The molecule has 104 heavy (non-hydrogen) atoms. The molecule has 0 saturated heterocycles. The predicted octanol–water partition coefficient (Wildman–Crippen LogP) is 25.5. The van der Waals surface area contributed by atoms with Crippen molar-refractivity contribution in [3.63, 3.8) is 0 Å². The van der Waals surface area contributed by atoms with Crippen LogP contribution in [-0.2, 0) is 65.4 Å². The van der Waals surface area contributed by atoms with E-state index in [1.165, 1.54) is 244 Å². The summed E-state index contributed by atoms with van der Waals surface area (Å²) in [6.45, 7) is 7.35. The molecule has 0 aromatic carbocycles. The molecule has 0 aliphatic carbocycles. The molecule has 0 aromatic heterocycles. The van der Waals surface area contributed by atoms with E-state index >= 15 is 0 Å². The predicted molar refractivity (Wildman–Crippen MR) is 428 cm³/mol. The standard InChI is InChI=1S/C85H162O17P2/c1-6-10-13-16-19-22-25-27-29-32-37-40-44-49-54-59-64-69-83(88)96-75-81(102-85(90)71-66-61-56-51-46-42-38-34-31-30-33-36-39-43-47-52-57-62-67-78(5)9-4)77-100-104(93,94)98-73-79(86)72-97-103(91,92)99-76-80(74-95-82(87)68-63-58-53-48-24-21-18-15-12-8-3)101-84(89)70-65-60-55-50-45-41-35-28-26-23-20-17-14-11-7-2/h23,26,28,35,78-81,86H,6-22,24-25,27,29-34,36-77H2,1-5H3,(H,91,92)(H,93,94)/b26-23-,35-28-/t78?,79-,80+,81+/m0/s1. The van der Waals surface area contributed by atoms with Gasteiger partial charge in [-0.05, 0) is 57.3 Å². The Morgan fingerprint density at radius 2 is 0.538 bits per heavy atom. The van der Waals surface area contributed by atoms with E-state index in [4.69, 9.17) is 37.0 Å². The number of esters is 4. The normalized spacial score (nSPS) is 14.2. The van der Waals surface area contributed by atoms with Crippen LogP contribution < -0.4 is 0 Å². The van der Waals surface area contributed by atoms with E-state index in [9.17, 15) is 43.2 Å². The SMILES string of the molecule is CCCCCC/C=C\C=C/CCCCCCCC(=O)O[C@H](COC(=O)CCCCCCCCCCCC)COP(=O)(O)OC[C@H](O)COP(=O)(O)OC[C@@H](COC(=O)CCCCCCCCCCCCCCCCCCC)OC(=O)CCCCCCCCCCCCCCCCCCCCC(C)CC. The molecular formula is C85H162O17P2. The third kappa shape index (κ3) is 76.3. The summed E-state index contributed by atoms with van der Waals surface area (Å²) in [5.41, 5.74) is 0. The summed E-state index contributed by atoms with van der Waals surface area (Å²) < 4.78 is 68.8. The minimum Gasteiger partial charge on any atom is -0.462 e. The zero-order valence-corrected chi connectivity index (χ0v) is 69.4. The smallest absolute Gasteiger partial charge is 0.462 e. The first-order valence-electron chi connectivity index (χ1n) is 43.5. The topological polar surface area (TPSA) is 237 Å². The lowest BCUT2D eigenvalue weighted by atomic mass is 9.99. The number of hydrogen-bond acceptors (Lipinski definition) is 15. The van der Waals surface area contributed by atoms with Gasteiger partial charge in [-0.15, -0.1) is 0 Å². The van der Waals surface area contributed by atoms with Crippen molar-refractivity contribution in [3.8, 4) is 0 Å². The van der Waals surface area contributed by atoms with Crippen LogP contribution in [-0.4, -0.2) is 96.7 Å². The highest BCUT2D eigenvalue weighted by Gasteiger charge is 2.30. The van der Waals surface area contributed by atoms with Crippen molar-refractivity contribution in [2.45, 2.75) is 451 Å². The molecule has 0 amide bonds. The van der Waals surface area contributed by atoms with E-state index in [0.717, 1.165) is 109 Å². The van der Waals surface area contributed by atoms with E-state index < -0.39 is 97.5 Å². The summed E-state index contributed by atoms with van der Waals surface area (Å²) in [7, 11) is -9.94. The van der Waals surface area contributed by atoms with Crippen LogP contribution in [0.25, 0.3) is 0 Å². The molecule has 0 radical (unpaired) electrons. The van der Waals surface area contributed by atoms with Crippen LogP contribution >= 0.6 is 15.6 Å². The van der Waals surface area contributed by atoms with Crippen molar-refractivity contribution in [3.05, 3.63) is 24.3 Å². The Balaban J connectivity index is 5.25. The summed E-state index contributed by atoms with van der Waals surface area (Å²) in [6, 6.07) is 0. The largest absolute Gasteiger partial charge is 0.472 e. The number of aliphatic hydroxyl groups is 1. The van der Waals surface area contributed by atoms with Gasteiger partial charge >= 0.3 is 39.5 Å². The van der Waals surface area contributed by atoms with Gasteiger partial charge in [0.05, 0.1) is 26.4 Å². The number of carbonyl (C=O) groups excluding carboxylic acids is 4. The molecule has 0 fully saturated rings. The lowest BCUT2D eigenvalue weighted by Crippen LogP contribution is -2.30. The number of unbranched alkanes of at least 4 members (excludes halogenated alkanes) is 51. The monoisotopic (exact) mass is 1520 g/mol. The van der Waals surface area contributed by atoms with E-state index in [-0.39, 0.29) is 25.7 Å². The Kier molecular flexibility index (Phi) is 75.4. The van der Waals surface area contributed by atoms with Gasteiger partial charge in [0.15, 0.2) is 12.2 Å². The number of hydrogen-bond donors (Lipinski definition) is 3. The Labute approximate surface area is 637 Å². The van der Waals surface area contributed by atoms with Gasteiger partial charge in [0, 0.05) is 25.7 Å². The van der Waals surface area contributed by atoms with Crippen molar-refractivity contribution < 1.29 is 80.2 Å². The van der Waals surface area contributed by atoms with Gasteiger partial charge in [0.2, 0.25) is 0 Å². The molecule has 0 spiro atoms. The summed E-state index contributed by atoms with van der Waals surface area (Å²) in [5.74, 6) is -1.26. The Morgan fingerprint density at radius 3 is 0.817 bits per heavy atom. The second-order valence-electron chi connectivity index (χ2n) is 30.1. The highest BCUT2D eigenvalue weighted by molar-refractivity contribution is 7.47. The molecule has 6 atom stereocenters. The molecule has 0 rings (SSSR count). The molecule has 0 aliphatic heterocycles. The minimum absolute atomic E-state index is 0.0856. The zero-order valence-electron chi connectivity index (χ0n) is 67.7. The third-order valence-electron chi connectivity index (χ3n) is 19.8. The lowest BCUT2D eigenvalue weighted by Gasteiger charge is -2.21. The average molecular weight is 1520 g/mol. The molecule has 19 heteroatoms. The third-order valence-corrected chi connectivity index (χ3v) is 21.7. The number of rotatable bonds is 83. The highest BCUT2D eigenvalue weighted by atomic mass is 31.2. The van der Waals surface area contributed by atoms with Crippen LogP contribution in [0.4, 0.5) is 0 Å². The Hall–Kier alpha value is -2.46. The fraction of sp³-hybridized carbons (Fsp3) is 0.906. The molecule has 3 N–H and O–H groups in total. The second kappa shape index (κ2) is 77.3. The van der Waals surface area contributed by atoms with Gasteiger partial charge in [0.1, 0.15) is 19.3 Å². The Morgan fingerprint density at radius 1 is 0.308 bits per heavy atom. The number of carbonyl (C=O) groups is 4. The van der Waals surface area contributed by atoms with Crippen LogP contribution in [0.1, 0.15) is 433 Å². The zero-order chi connectivity index (χ0) is 76.2. The van der Waals surface area contributed by atoms with Crippen molar-refractivity contribution in [1.82, 2.24) is 0 Å². The van der Waals surface area contributed by atoms with Crippen LogP contribution in [0, 0.1) is 5.92 Å². The van der Waals surface area contributed by atoms with Crippen molar-refractivity contribution in [2.75, 3.05) is 39.6 Å². The first-order chi connectivity index (χ1) is 50.6. The number of allylic oxidation sites excluding steroid dienone is 4. The van der Waals surface area contributed by atoms with Gasteiger partial charge in [-0.2, -0.15) is 0 Å². The first kappa shape index (κ1) is 102. The number of aliphatic hydroxyl groups excluding tert-OH is 1. The molecular weight excluding hydrogens is 1350 g/mol. The van der Waals surface area contributed by atoms with E-state index in [1.54, 1.807) is 0 Å². The number of ether oxygens (including phenoxy) is 4. The second-order valence-corrected chi connectivity index (χ2v) is 33.0. The van der Waals surface area contributed by atoms with Crippen LogP contribution in [0.2, 0.25) is 0 Å². The van der Waals surface area contributed by atoms with Crippen molar-refractivity contribution >= 4 is 39.5 Å². The summed E-state index contributed by atoms with van der Waals surface area (Å²) in [6.07, 6.45) is 72.9. The minimum atomic E-state index is -4.97. The molecule has 614 valence electrons. The summed E-state index contributed by atoms with van der Waals surface area (Å²) in [5, 5.41) is 10.7. The molecule has 0 aromatic rings. The summed E-state index contributed by atoms with van der Waals surface area (Å²) >= 11 is 0. The number of phosphoric ester groups is 2. The van der Waals surface area contributed by atoms with Gasteiger partial charge < -0.3 is 33.8 Å². The fourth-order valence-corrected chi connectivity index (χ4v) is 14.3. The molecule has 0 bridgehead atoms. The molecule has 0 saturated carbocycles. The maximum absolute atomic E-state index is 13.1. The Bertz CT molecular complexity index is 2080. The van der Waals surface area contributed by atoms with E-state index in [2.05, 4.69) is 58.9 Å². The molecule has 0 heterocycles. The van der Waals surface area contributed by atoms with Gasteiger partial charge in [-0.1, -0.05) is 380 Å². The maximum Gasteiger partial charge on any atom is 0.472 e. The van der Waals surface area contributed by atoms with Gasteiger partial charge in [0.25, 0.3) is 0 Å². The summed E-state index contributed by atoms with van der Waals surface area (Å²) in [4.78, 5) is 73.1. The van der Waals surface area contributed by atoms with Gasteiger partial charge in [-0.25, -0.2) is 9.13 Å². The van der Waals surface area contributed by atoms with Crippen LogP contribution in [0.3, 0.4) is 0 Å². The fourth-order valence-electron chi connectivity index (χ4n) is 12.7. The highest BCUT2D eigenvalue weighted by Crippen LogP contribution is 2.45. The molecule has 0 aliphatic rings. The molecule has 17 nitrogen and oxygen atoms in total. The van der Waals surface area contributed by atoms with Crippen molar-refractivity contribution in [1.29, 1.82) is 0 Å². The van der Waals surface area contributed by atoms with Gasteiger partial charge in [-0.3, -0.25) is 37.3 Å². The van der Waals surface area contributed by atoms with E-state index in [1.807, 2.05) is 0 Å². The maximum atomic E-state index is 13.1.